The Morgan fingerprint density at radius 3 is 2.33 bits per heavy atom. The molecule has 4 rings (SSSR count). The number of aryl methyl sites for hydroxylation is 2. The highest BCUT2D eigenvalue weighted by Crippen LogP contribution is 2.26. The van der Waals surface area contributed by atoms with Gasteiger partial charge >= 0.3 is 0 Å². The van der Waals surface area contributed by atoms with E-state index in [1.54, 1.807) is 0 Å². The Balaban J connectivity index is 0.00000132. The first-order valence-electron chi connectivity index (χ1n) is 6.95. The summed E-state index contributed by atoms with van der Waals surface area (Å²) in [5, 5.41) is 5.23. The van der Waals surface area contributed by atoms with E-state index in [2.05, 4.69) is 79.2 Å². The van der Waals surface area contributed by atoms with Crippen molar-refractivity contribution >= 4 is 32.6 Å². The molecule has 3 aromatic carbocycles. The van der Waals surface area contributed by atoms with Crippen LogP contribution in [0.15, 0.2) is 60.7 Å². The van der Waals surface area contributed by atoms with Gasteiger partial charge in [0.1, 0.15) is 7.05 Å². The van der Waals surface area contributed by atoms with Gasteiger partial charge in [-0.1, -0.05) is 30.3 Å². The smallest absolute Gasteiger partial charge is 0.213 e. The summed E-state index contributed by atoms with van der Waals surface area (Å²) in [6, 6.07) is 22.0. The average Bonchev–Trinajstić information content (AvgIpc) is 2.48. The van der Waals surface area contributed by atoms with Crippen LogP contribution in [0.25, 0.3) is 32.6 Å². The SMILES string of the molecule is Cc1ccc2cc3c4ccccc4ccc3[n+](C)c2c1.[I-]. The van der Waals surface area contributed by atoms with Crippen molar-refractivity contribution in [3.05, 3.63) is 66.2 Å². The van der Waals surface area contributed by atoms with Crippen molar-refractivity contribution in [1.29, 1.82) is 0 Å². The van der Waals surface area contributed by atoms with Crippen LogP contribution in [0.3, 0.4) is 0 Å². The van der Waals surface area contributed by atoms with Gasteiger partial charge in [0.25, 0.3) is 0 Å². The molecule has 0 aliphatic rings. The molecule has 1 heterocycles. The third-order valence-corrected chi connectivity index (χ3v) is 4.16. The van der Waals surface area contributed by atoms with Crippen LogP contribution in [0.4, 0.5) is 0 Å². The van der Waals surface area contributed by atoms with E-state index in [-0.39, 0.29) is 24.0 Å². The molecule has 0 fully saturated rings. The largest absolute Gasteiger partial charge is 1.00 e. The summed E-state index contributed by atoms with van der Waals surface area (Å²) in [5.41, 5.74) is 3.86. The zero-order valence-corrected chi connectivity index (χ0v) is 14.3. The van der Waals surface area contributed by atoms with Crippen molar-refractivity contribution in [1.82, 2.24) is 0 Å². The zero-order chi connectivity index (χ0) is 13.7. The van der Waals surface area contributed by atoms with E-state index < -0.39 is 0 Å². The van der Waals surface area contributed by atoms with E-state index in [0.29, 0.717) is 0 Å². The van der Waals surface area contributed by atoms with Crippen LogP contribution in [0.5, 0.6) is 0 Å². The number of rotatable bonds is 0. The summed E-state index contributed by atoms with van der Waals surface area (Å²) in [5.74, 6) is 0. The predicted molar refractivity (Wildman–Crippen MR) is 84.9 cm³/mol. The minimum atomic E-state index is 0. The fourth-order valence-corrected chi connectivity index (χ4v) is 3.08. The van der Waals surface area contributed by atoms with E-state index in [0.717, 1.165) is 0 Å². The lowest BCUT2D eigenvalue weighted by molar-refractivity contribution is -0.617. The molecule has 0 N–H and O–H groups in total. The molecule has 1 nitrogen and oxygen atoms in total. The maximum atomic E-state index is 2.31. The highest BCUT2D eigenvalue weighted by Gasteiger charge is 2.13. The van der Waals surface area contributed by atoms with Crippen molar-refractivity contribution < 1.29 is 28.5 Å². The highest BCUT2D eigenvalue weighted by molar-refractivity contribution is 6.07. The molecule has 1 aromatic heterocycles. The van der Waals surface area contributed by atoms with Crippen molar-refractivity contribution in [2.75, 3.05) is 0 Å². The van der Waals surface area contributed by atoms with Gasteiger partial charge in [0.2, 0.25) is 11.0 Å². The lowest BCUT2D eigenvalue weighted by Crippen LogP contribution is -3.00. The van der Waals surface area contributed by atoms with Crippen LogP contribution in [0.2, 0.25) is 0 Å². The zero-order valence-electron chi connectivity index (χ0n) is 12.1. The first kappa shape index (κ1) is 14.3. The number of hydrogen-bond acceptors (Lipinski definition) is 0. The maximum Gasteiger partial charge on any atom is 0.213 e. The number of pyridine rings is 1. The van der Waals surface area contributed by atoms with Gasteiger partial charge in [0.05, 0.1) is 5.39 Å². The predicted octanol–water partition coefficient (Wildman–Crippen LogP) is 1.28. The van der Waals surface area contributed by atoms with Crippen LogP contribution in [-0.2, 0) is 7.05 Å². The molecule has 0 atom stereocenters. The Morgan fingerprint density at radius 1 is 0.714 bits per heavy atom. The van der Waals surface area contributed by atoms with Crippen molar-refractivity contribution in [2.45, 2.75) is 6.92 Å². The molecule has 0 saturated heterocycles. The third kappa shape index (κ3) is 2.18. The number of benzene rings is 3. The first-order chi connectivity index (χ1) is 9.74. The fraction of sp³-hybridized carbons (Fsp3) is 0.105. The third-order valence-electron chi connectivity index (χ3n) is 4.16. The Morgan fingerprint density at radius 2 is 1.48 bits per heavy atom. The Labute approximate surface area is 141 Å². The van der Waals surface area contributed by atoms with Crippen molar-refractivity contribution in [3.63, 3.8) is 0 Å². The normalized spacial score (nSPS) is 11.0. The Hall–Kier alpha value is -1.68. The number of nitrogens with zero attached hydrogens (tertiary/aromatic N) is 1. The Kier molecular flexibility index (Phi) is 3.57. The summed E-state index contributed by atoms with van der Waals surface area (Å²) in [7, 11) is 2.15. The lowest BCUT2D eigenvalue weighted by atomic mass is 10.0. The van der Waals surface area contributed by atoms with Crippen LogP contribution < -0.4 is 28.5 Å². The summed E-state index contributed by atoms with van der Waals surface area (Å²) in [6.45, 7) is 2.14. The second kappa shape index (κ2) is 5.26. The number of hydrogen-bond donors (Lipinski definition) is 0. The van der Waals surface area contributed by atoms with Gasteiger partial charge in [0.15, 0.2) is 0 Å². The Bertz CT molecular complexity index is 973. The molecular formula is C19H16IN. The van der Waals surface area contributed by atoms with Crippen LogP contribution in [0, 0.1) is 6.92 Å². The number of aromatic nitrogens is 1. The molecule has 0 saturated carbocycles. The average molecular weight is 385 g/mol. The first-order valence-corrected chi connectivity index (χ1v) is 6.95. The van der Waals surface area contributed by atoms with Crippen LogP contribution in [0.1, 0.15) is 5.56 Å². The molecule has 0 radical (unpaired) electrons. The van der Waals surface area contributed by atoms with E-state index in [1.807, 2.05) is 0 Å². The molecular weight excluding hydrogens is 369 g/mol. The molecule has 0 bridgehead atoms. The van der Waals surface area contributed by atoms with E-state index in [1.165, 1.54) is 38.1 Å². The molecule has 0 amide bonds. The quantitative estimate of drug-likeness (QED) is 0.186. The summed E-state index contributed by atoms with van der Waals surface area (Å²) < 4.78 is 2.30. The fourth-order valence-electron chi connectivity index (χ4n) is 3.08. The van der Waals surface area contributed by atoms with Gasteiger partial charge in [0, 0.05) is 17.5 Å². The topological polar surface area (TPSA) is 3.88 Å². The van der Waals surface area contributed by atoms with Crippen molar-refractivity contribution in [2.24, 2.45) is 7.05 Å². The molecule has 4 aromatic rings. The van der Waals surface area contributed by atoms with Crippen LogP contribution in [-0.4, -0.2) is 0 Å². The van der Waals surface area contributed by atoms with Gasteiger partial charge in [-0.05, 0) is 41.5 Å². The lowest BCUT2D eigenvalue weighted by Gasteiger charge is -2.06. The van der Waals surface area contributed by atoms with Crippen LogP contribution >= 0.6 is 0 Å². The molecule has 104 valence electrons. The second-order valence-corrected chi connectivity index (χ2v) is 5.49. The second-order valence-electron chi connectivity index (χ2n) is 5.49. The molecule has 21 heavy (non-hydrogen) atoms. The van der Waals surface area contributed by atoms with Gasteiger partial charge in [-0.3, -0.25) is 0 Å². The molecule has 0 aliphatic carbocycles. The summed E-state index contributed by atoms with van der Waals surface area (Å²) in [6.07, 6.45) is 0. The van der Waals surface area contributed by atoms with Crippen molar-refractivity contribution in [3.8, 4) is 0 Å². The summed E-state index contributed by atoms with van der Waals surface area (Å²) in [4.78, 5) is 0. The van der Waals surface area contributed by atoms with E-state index >= 15 is 0 Å². The maximum absolute atomic E-state index is 2.31. The summed E-state index contributed by atoms with van der Waals surface area (Å²) >= 11 is 0. The van der Waals surface area contributed by atoms with E-state index in [9.17, 15) is 0 Å². The monoisotopic (exact) mass is 385 g/mol. The minimum absolute atomic E-state index is 0. The number of fused-ring (bicyclic) bond motifs is 4. The molecule has 0 spiro atoms. The number of halogens is 1. The van der Waals surface area contributed by atoms with Gasteiger partial charge in [-0.2, -0.15) is 4.57 Å². The van der Waals surface area contributed by atoms with Gasteiger partial charge in [-0.15, -0.1) is 0 Å². The van der Waals surface area contributed by atoms with Gasteiger partial charge < -0.3 is 24.0 Å². The molecule has 2 heteroatoms. The van der Waals surface area contributed by atoms with E-state index in [4.69, 9.17) is 0 Å². The molecule has 0 aliphatic heterocycles. The van der Waals surface area contributed by atoms with Gasteiger partial charge in [-0.25, -0.2) is 0 Å². The minimum Gasteiger partial charge on any atom is -1.00 e. The standard InChI is InChI=1S/C19H16N.HI/c1-13-7-8-15-12-17-16-6-4-3-5-14(16)9-10-18(17)20(2)19(15)11-13;/h3-12H,1-2H3;1H/q+1;/p-1. The highest BCUT2D eigenvalue weighted by atomic mass is 127. The molecule has 0 unspecified atom stereocenters.